The topological polar surface area (TPSA) is 38.3 Å². The summed E-state index contributed by atoms with van der Waals surface area (Å²) in [6.07, 6.45) is 1.74. The molecule has 1 aliphatic rings. The monoisotopic (exact) mass is 143 g/mol. The zero-order valence-corrected chi connectivity index (χ0v) is 6.17. The molecule has 1 aliphatic heterocycles. The highest BCUT2D eigenvalue weighted by molar-refractivity contribution is 5.56. The van der Waals surface area contributed by atoms with E-state index in [9.17, 15) is 4.79 Å². The van der Waals surface area contributed by atoms with E-state index in [1.54, 1.807) is 7.11 Å². The van der Waals surface area contributed by atoms with Crippen molar-refractivity contribution in [1.29, 1.82) is 0 Å². The molecule has 1 rings (SSSR count). The predicted octanol–water partition coefficient (Wildman–Crippen LogP) is -0.190. The maximum Gasteiger partial charge on any atom is 0.149 e. The highest BCUT2D eigenvalue weighted by Gasteiger charge is 2.23. The first-order valence-electron chi connectivity index (χ1n) is 3.57. The van der Waals surface area contributed by atoms with Crippen LogP contribution in [-0.4, -0.2) is 32.6 Å². The summed E-state index contributed by atoms with van der Waals surface area (Å²) in [7, 11) is 1.58. The lowest BCUT2D eigenvalue weighted by atomic mass is 10.0. The normalized spacial score (nSPS) is 28.3. The molecular formula is C7H13NO2. The molecule has 0 spiro atoms. The van der Waals surface area contributed by atoms with Crippen LogP contribution in [0.5, 0.6) is 0 Å². The van der Waals surface area contributed by atoms with Gasteiger partial charge in [-0.15, -0.1) is 0 Å². The van der Waals surface area contributed by atoms with Crippen molar-refractivity contribution in [3.63, 3.8) is 0 Å². The van der Waals surface area contributed by atoms with Gasteiger partial charge in [-0.3, -0.25) is 0 Å². The number of carbonyl (C=O) groups excluding carboxylic acids is 1. The SMILES string of the molecule is COC(C=O)[C@@H]1CCNC1. The molecule has 58 valence electrons. The van der Waals surface area contributed by atoms with Gasteiger partial charge in [0.05, 0.1) is 0 Å². The van der Waals surface area contributed by atoms with Gasteiger partial charge < -0.3 is 14.8 Å². The molecule has 0 radical (unpaired) electrons. The minimum absolute atomic E-state index is 0.199. The summed E-state index contributed by atoms with van der Waals surface area (Å²) < 4.78 is 4.98. The van der Waals surface area contributed by atoms with E-state index < -0.39 is 0 Å². The predicted molar refractivity (Wildman–Crippen MR) is 37.8 cm³/mol. The molecule has 1 N–H and O–H groups in total. The second-order valence-corrected chi connectivity index (χ2v) is 2.59. The van der Waals surface area contributed by atoms with Crippen LogP contribution in [0, 0.1) is 5.92 Å². The number of aldehydes is 1. The summed E-state index contributed by atoms with van der Waals surface area (Å²) >= 11 is 0. The minimum Gasteiger partial charge on any atom is -0.374 e. The first-order valence-corrected chi connectivity index (χ1v) is 3.57. The van der Waals surface area contributed by atoms with Crippen LogP contribution in [0.1, 0.15) is 6.42 Å². The number of hydrogen-bond acceptors (Lipinski definition) is 3. The van der Waals surface area contributed by atoms with E-state index >= 15 is 0 Å². The van der Waals surface area contributed by atoms with Crippen molar-refractivity contribution >= 4 is 6.29 Å². The molecule has 1 saturated heterocycles. The van der Waals surface area contributed by atoms with Crippen LogP contribution in [0.3, 0.4) is 0 Å². The van der Waals surface area contributed by atoms with E-state index in [4.69, 9.17) is 4.74 Å². The Morgan fingerprint density at radius 3 is 3.00 bits per heavy atom. The van der Waals surface area contributed by atoms with E-state index in [0.29, 0.717) is 5.92 Å². The van der Waals surface area contributed by atoms with Crippen molar-refractivity contribution in [1.82, 2.24) is 5.32 Å². The highest BCUT2D eigenvalue weighted by atomic mass is 16.5. The maximum absolute atomic E-state index is 10.4. The molecule has 3 heteroatoms. The molecule has 2 atom stereocenters. The van der Waals surface area contributed by atoms with Gasteiger partial charge in [-0.25, -0.2) is 0 Å². The molecule has 0 aliphatic carbocycles. The summed E-state index contributed by atoms with van der Waals surface area (Å²) in [5.41, 5.74) is 0. The Labute approximate surface area is 60.7 Å². The smallest absolute Gasteiger partial charge is 0.149 e. The largest absolute Gasteiger partial charge is 0.374 e. The Bertz CT molecular complexity index is 110. The van der Waals surface area contributed by atoms with Crippen molar-refractivity contribution in [3.05, 3.63) is 0 Å². The van der Waals surface area contributed by atoms with Crippen molar-refractivity contribution in [2.24, 2.45) is 5.92 Å². The number of hydrogen-bond donors (Lipinski definition) is 1. The number of rotatable bonds is 3. The molecule has 10 heavy (non-hydrogen) atoms. The average molecular weight is 143 g/mol. The Morgan fingerprint density at radius 1 is 1.80 bits per heavy atom. The Hall–Kier alpha value is -0.410. The van der Waals surface area contributed by atoms with E-state index in [1.807, 2.05) is 0 Å². The first-order chi connectivity index (χ1) is 4.88. The molecule has 0 aromatic heterocycles. The molecular weight excluding hydrogens is 130 g/mol. The molecule has 0 amide bonds. The summed E-state index contributed by atoms with van der Waals surface area (Å²) in [4.78, 5) is 10.4. The number of nitrogens with one attached hydrogen (secondary N) is 1. The van der Waals surface area contributed by atoms with Gasteiger partial charge in [0.15, 0.2) is 0 Å². The van der Waals surface area contributed by atoms with E-state index in [0.717, 1.165) is 25.8 Å². The molecule has 1 unspecified atom stereocenters. The first kappa shape index (κ1) is 7.69. The summed E-state index contributed by atoms with van der Waals surface area (Å²) in [6.45, 7) is 1.93. The van der Waals surface area contributed by atoms with Crippen LogP contribution in [0.4, 0.5) is 0 Å². The summed E-state index contributed by atoms with van der Waals surface area (Å²) in [5, 5.41) is 3.18. The molecule has 0 aromatic carbocycles. The zero-order valence-electron chi connectivity index (χ0n) is 6.17. The average Bonchev–Trinajstić information content (AvgIpc) is 2.43. The fourth-order valence-corrected chi connectivity index (χ4v) is 1.32. The highest BCUT2D eigenvalue weighted by Crippen LogP contribution is 2.12. The van der Waals surface area contributed by atoms with Crippen LogP contribution >= 0.6 is 0 Å². The van der Waals surface area contributed by atoms with Crippen molar-refractivity contribution in [2.75, 3.05) is 20.2 Å². The van der Waals surface area contributed by atoms with Crippen LogP contribution in [0.15, 0.2) is 0 Å². The van der Waals surface area contributed by atoms with E-state index in [1.165, 1.54) is 0 Å². The molecule has 1 fully saturated rings. The molecule has 0 bridgehead atoms. The molecule has 0 saturated carbocycles. The number of carbonyl (C=O) groups is 1. The van der Waals surface area contributed by atoms with Gasteiger partial charge in [-0.2, -0.15) is 0 Å². The minimum atomic E-state index is -0.199. The fourth-order valence-electron chi connectivity index (χ4n) is 1.32. The third-order valence-corrected chi connectivity index (χ3v) is 1.97. The van der Waals surface area contributed by atoms with Gasteiger partial charge in [-0.1, -0.05) is 0 Å². The van der Waals surface area contributed by atoms with Gasteiger partial charge in [0.2, 0.25) is 0 Å². The molecule has 3 nitrogen and oxygen atoms in total. The van der Waals surface area contributed by atoms with Gasteiger partial charge in [0.1, 0.15) is 12.4 Å². The van der Waals surface area contributed by atoms with Crippen molar-refractivity contribution in [3.8, 4) is 0 Å². The van der Waals surface area contributed by atoms with Gasteiger partial charge in [0, 0.05) is 19.6 Å². The second kappa shape index (κ2) is 3.68. The standard InChI is InChI=1S/C7H13NO2/c1-10-7(5-9)6-2-3-8-4-6/h5-8H,2-4H2,1H3/t6-,7?/m1/s1. The second-order valence-electron chi connectivity index (χ2n) is 2.59. The lowest BCUT2D eigenvalue weighted by Gasteiger charge is -2.13. The third kappa shape index (κ3) is 1.55. The van der Waals surface area contributed by atoms with E-state index in [2.05, 4.69) is 5.32 Å². The van der Waals surface area contributed by atoms with Crippen LogP contribution < -0.4 is 5.32 Å². The zero-order chi connectivity index (χ0) is 7.40. The Morgan fingerprint density at radius 2 is 2.60 bits per heavy atom. The third-order valence-electron chi connectivity index (χ3n) is 1.97. The van der Waals surface area contributed by atoms with Crippen molar-refractivity contribution < 1.29 is 9.53 Å². The Balaban J connectivity index is 2.36. The molecule has 0 aromatic rings. The van der Waals surface area contributed by atoms with Gasteiger partial charge >= 0.3 is 0 Å². The maximum atomic E-state index is 10.4. The lowest BCUT2D eigenvalue weighted by molar-refractivity contribution is -0.118. The van der Waals surface area contributed by atoms with Gasteiger partial charge in [-0.05, 0) is 13.0 Å². The fraction of sp³-hybridized carbons (Fsp3) is 0.857. The van der Waals surface area contributed by atoms with Crippen LogP contribution in [0.25, 0.3) is 0 Å². The lowest BCUT2D eigenvalue weighted by Crippen LogP contribution is -2.26. The quantitative estimate of drug-likeness (QED) is 0.556. The number of methoxy groups -OCH3 is 1. The molecule has 1 heterocycles. The summed E-state index contributed by atoms with van der Waals surface area (Å²) in [5.74, 6) is 0.391. The van der Waals surface area contributed by atoms with Crippen LogP contribution in [-0.2, 0) is 9.53 Å². The Kier molecular flexibility index (Phi) is 2.83. The van der Waals surface area contributed by atoms with E-state index in [-0.39, 0.29) is 6.10 Å². The van der Waals surface area contributed by atoms with Gasteiger partial charge in [0.25, 0.3) is 0 Å². The van der Waals surface area contributed by atoms with Crippen molar-refractivity contribution in [2.45, 2.75) is 12.5 Å². The number of ether oxygens (including phenoxy) is 1. The summed E-state index contributed by atoms with van der Waals surface area (Å²) in [6, 6.07) is 0. The van der Waals surface area contributed by atoms with Crippen LogP contribution in [0.2, 0.25) is 0 Å².